The average molecular weight is 372 g/mol. The number of hydrogen-bond acceptors (Lipinski definition) is 4. The van der Waals surface area contributed by atoms with Crippen LogP contribution < -0.4 is 5.73 Å². The first-order valence-electron chi connectivity index (χ1n) is 10.7. The van der Waals surface area contributed by atoms with Crippen molar-refractivity contribution in [2.24, 2.45) is 5.73 Å². The number of hydrogen-bond donors (Lipinski definition) is 2. The Labute approximate surface area is 160 Å². The average Bonchev–Trinajstić information content (AvgIpc) is 2.62. The van der Waals surface area contributed by atoms with Crippen LogP contribution in [0.25, 0.3) is 0 Å². The number of rotatable bonds is 18. The van der Waals surface area contributed by atoms with E-state index in [4.69, 9.17) is 15.6 Å². The van der Waals surface area contributed by atoms with Crippen molar-refractivity contribution in [3.63, 3.8) is 0 Å². The Balaban J connectivity index is 3.63. The molecule has 0 rings (SSSR count). The minimum atomic E-state index is -0.943. The Morgan fingerprint density at radius 3 is 1.81 bits per heavy atom. The van der Waals surface area contributed by atoms with Gasteiger partial charge in [0, 0.05) is 6.42 Å². The first-order chi connectivity index (χ1) is 12.5. The molecule has 0 aliphatic heterocycles. The fourth-order valence-electron chi connectivity index (χ4n) is 3.03. The summed E-state index contributed by atoms with van der Waals surface area (Å²) >= 11 is 0. The number of nitrogens with two attached hydrogens (primary N) is 1. The van der Waals surface area contributed by atoms with Crippen molar-refractivity contribution in [3.8, 4) is 0 Å². The summed E-state index contributed by atoms with van der Waals surface area (Å²) in [6.07, 6.45) is 15.8. The van der Waals surface area contributed by atoms with Gasteiger partial charge in [0.1, 0.15) is 12.1 Å². The molecule has 0 spiro atoms. The van der Waals surface area contributed by atoms with Gasteiger partial charge < -0.3 is 15.6 Å². The zero-order valence-electron chi connectivity index (χ0n) is 17.0. The molecule has 0 radical (unpaired) electrons. The maximum absolute atomic E-state index is 11.9. The maximum Gasteiger partial charge on any atom is 0.323 e. The van der Waals surface area contributed by atoms with Crippen LogP contribution in [0.15, 0.2) is 0 Å². The van der Waals surface area contributed by atoms with Crippen LogP contribution in [-0.4, -0.2) is 29.2 Å². The summed E-state index contributed by atoms with van der Waals surface area (Å²) in [6.45, 7) is 4.25. The van der Waals surface area contributed by atoms with Crippen molar-refractivity contribution in [3.05, 3.63) is 0 Å². The Kier molecular flexibility index (Phi) is 16.6. The van der Waals surface area contributed by atoms with Crippen LogP contribution in [0, 0.1) is 0 Å². The second-order valence-electron chi connectivity index (χ2n) is 7.33. The lowest BCUT2D eigenvalue weighted by Gasteiger charge is -2.18. The summed E-state index contributed by atoms with van der Waals surface area (Å²) in [5, 5.41) is 8.63. The van der Waals surface area contributed by atoms with Crippen LogP contribution in [-0.2, 0) is 14.3 Å². The lowest BCUT2D eigenvalue weighted by Crippen LogP contribution is -2.35. The third-order valence-corrected chi connectivity index (χ3v) is 4.84. The van der Waals surface area contributed by atoms with E-state index in [2.05, 4.69) is 6.92 Å². The van der Waals surface area contributed by atoms with Gasteiger partial charge >= 0.3 is 11.9 Å². The number of carboxylic acid groups (broad SMARTS) is 1. The number of ether oxygens (including phenoxy) is 1. The highest BCUT2D eigenvalue weighted by atomic mass is 16.5. The van der Waals surface area contributed by atoms with E-state index in [-0.39, 0.29) is 18.9 Å². The smallest absolute Gasteiger partial charge is 0.323 e. The molecule has 0 heterocycles. The first-order valence-corrected chi connectivity index (χ1v) is 10.7. The largest absolute Gasteiger partial charge is 0.481 e. The van der Waals surface area contributed by atoms with Gasteiger partial charge in [-0.2, -0.15) is 0 Å². The minimum Gasteiger partial charge on any atom is -0.481 e. The summed E-state index contributed by atoms with van der Waals surface area (Å²) in [5.41, 5.74) is 5.69. The lowest BCUT2D eigenvalue weighted by atomic mass is 10.0. The van der Waals surface area contributed by atoms with E-state index in [1.54, 1.807) is 0 Å². The van der Waals surface area contributed by atoms with Crippen molar-refractivity contribution in [1.82, 2.24) is 0 Å². The molecule has 1 unspecified atom stereocenters. The third kappa shape index (κ3) is 15.2. The van der Waals surface area contributed by atoms with Crippen LogP contribution in [0.5, 0.6) is 0 Å². The number of unbranched alkanes of at least 4 members (excludes halogenated alkanes) is 10. The van der Waals surface area contributed by atoms with Crippen LogP contribution in [0.2, 0.25) is 0 Å². The highest BCUT2D eigenvalue weighted by Crippen LogP contribution is 2.15. The molecule has 0 saturated carbocycles. The molecule has 3 N–H and O–H groups in total. The third-order valence-electron chi connectivity index (χ3n) is 4.84. The van der Waals surface area contributed by atoms with Crippen LogP contribution >= 0.6 is 0 Å². The Hall–Kier alpha value is -1.10. The SMILES string of the molecule is CCCCCCCCCCCCCC(CC)OC(=O)[C@@H](N)CCC(=O)O. The van der Waals surface area contributed by atoms with Gasteiger partial charge in [-0.05, 0) is 25.7 Å². The van der Waals surface area contributed by atoms with E-state index in [9.17, 15) is 9.59 Å². The van der Waals surface area contributed by atoms with Gasteiger partial charge in [0.15, 0.2) is 0 Å². The fourth-order valence-corrected chi connectivity index (χ4v) is 3.03. The van der Waals surface area contributed by atoms with E-state index >= 15 is 0 Å². The zero-order valence-corrected chi connectivity index (χ0v) is 17.0. The molecule has 0 aliphatic rings. The molecule has 2 atom stereocenters. The molecule has 0 fully saturated rings. The van der Waals surface area contributed by atoms with Gasteiger partial charge in [0.2, 0.25) is 0 Å². The topological polar surface area (TPSA) is 89.6 Å². The first kappa shape index (κ1) is 24.9. The van der Waals surface area contributed by atoms with Crippen molar-refractivity contribution < 1.29 is 19.4 Å². The van der Waals surface area contributed by atoms with E-state index in [1.165, 1.54) is 64.2 Å². The van der Waals surface area contributed by atoms with E-state index < -0.39 is 18.0 Å². The lowest BCUT2D eigenvalue weighted by molar-refractivity contribution is -0.151. The van der Waals surface area contributed by atoms with Gasteiger partial charge in [0.25, 0.3) is 0 Å². The summed E-state index contributed by atoms with van der Waals surface area (Å²) in [5.74, 6) is -1.41. The number of aliphatic carboxylic acids is 1. The van der Waals surface area contributed by atoms with E-state index in [1.807, 2.05) is 6.92 Å². The molecule has 5 nitrogen and oxygen atoms in total. The summed E-state index contributed by atoms with van der Waals surface area (Å²) in [4.78, 5) is 22.4. The summed E-state index contributed by atoms with van der Waals surface area (Å²) < 4.78 is 5.43. The second kappa shape index (κ2) is 17.3. The van der Waals surface area contributed by atoms with Gasteiger partial charge in [-0.1, -0.05) is 78.1 Å². The molecule has 154 valence electrons. The number of esters is 1. The summed E-state index contributed by atoms with van der Waals surface area (Å²) in [7, 11) is 0. The van der Waals surface area contributed by atoms with Crippen molar-refractivity contribution >= 4 is 11.9 Å². The highest BCUT2D eigenvalue weighted by Gasteiger charge is 2.20. The number of carboxylic acids is 1. The quantitative estimate of drug-likeness (QED) is 0.255. The Bertz CT molecular complexity index is 360. The van der Waals surface area contributed by atoms with Gasteiger partial charge in [-0.15, -0.1) is 0 Å². The molecule has 0 saturated heterocycles. The Morgan fingerprint density at radius 2 is 1.35 bits per heavy atom. The normalized spacial score (nSPS) is 13.3. The predicted molar refractivity (Wildman–Crippen MR) is 106 cm³/mol. The van der Waals surface area contributed by atoms with Crippen molar-refractivity contribution in [2.75, 3.05) is 0 Å². The van der Waals surface area contributed by atoms with Gasteiger partial charge in [0.05, 0.1) is 0 Å². The molecule has 0 bridgehead atoms. The van der Waals surface area contributed by atoms with Gasteiger partial charge in [-0.25, -0.2) is 0 Å². The molecule has 0 aromatic rings. The number of carbonyl (C=O) groups is 2. The molecule has 0 aromatic heterocycles. The van der Waals surface area contributed by atoms with E-state index in [0.29, 0.717) is 0 Å². The van der Waals surface area contributed by atoms with E-state index in [0.717, 1.165) is 19.3 Å². The summed E-state index contributed by atoms with van der Waals surface area (Å²) in [6, 6.07) is -0.836. The number of carbonyl (C=O) groups excluding carboxylic acids is 1. The zero-order chi connectivity index (χ0) is 19.6. The molecule has 0 amide bonds. The predicted octanol–water partition coefficient (Wildman–Crippen LogP) is 5.20. The van der Waals surface area contributed by atoms with Crippen molar-refractivity contribution in [1.29, 1.82) is 0 Å². The Morgan fingerprint density at radius 1 is 0.846 bits per heavy atom. The fraction of sp³-hybridized carbons (Fsp3) is 0.905. The standard InChI is InChI=1S/C21H41NO4/c1-3-5-6-7-8-9-10-11-12-13-14-15-18(4-2)26-21(25)19(22)16-17-20(23)24/h18-19H,3-17,22H2,1-2H3,(H,23,24)/t18?,19-/m0/s1. The minimum absolute atomic E-state index is 0.100. The van der Waals surface area contributed by atoms with Gasteiger partial charge in [-0.3, -0.25) is 9.59 Å². The van der Waals surface area contributed by atoms with Crippen LogP contribution in [0.3, 0.4) is 0 Å². The highest BCUT2D eigenvalue weighted by molar-refractivity contribution is 5.76. The molecular formula is C21H41NO4. The van der Waals surface area contributed by atoms with Crippen molar-refractivity contribution in [2.45, 2.75) is 122 Å². The maximum atomic E-state index is 11.9. The second-order valence-corrected chi connectivity index (χ2v) is 7.33. The molecule has 0 aliphatic carbocycles. The molecule has 0 aromatic carbocycles. The molecular weight excluding hydrogens is 330 g/mol. The molecule has 5 heteroatoms. The van der Waals surface area contributed by atoms with Crippen LogP contribution in [0.1, 0.15) is 110 Å². The van der Waals surface area contributed by atoms with Crippen LogP contribution in [0.4, 0.5) is 0 Å². The molecule has 26 heavy (non-hydrogen) atoms. The monoisotopic (exact) mass is 371 g/mol.